The lowest BCUT2D eigenvalue weighted by Gasteiger charge is -2.08. The van der Waals surface area contributed by atoms with Crippen molar-refractivity contribution in [1.82, 2.24) is 9.78 Å². The first-order valence-corrected chi connectivity index (χ1v) is 5.94. The van der Waals surface area contributed by atoms with Crippen molar-refractivity contribution in [3.05, 3.63) is 15.9 Å². The van der Waals surface area contributed by atoms with Crippen LogP contribution in [0.4, 0.5) is 13.2 Å². The molecule has 0 aliphatic rings. The van der Waals surface area contributed by atoms with Crippen molar-refractivity contribution in [2.24, 2.45) is 0 Å². The topological polar surface area (TPSA) is 27.1 Å². The number of ether oxygens (including phenoxy) is 1. The lowest BCUT2D eigenvalue weighted by molar-refractivity contribution is -0.174. The minimum atomic E-state index is -4.25. The van der Waals surface area contributed by atoms with E-state index in [1.54, 1.807) is 4.68 Å². The third-order valence-electron chi connectivity index (χ3n) is 2.22. The van der Waals surface area contributed by atoms with Crippen LogP contribution in [0.15, 0.2) is 4.47 Å². The molecule has 0 bridgehead atoms. The highest BCUT2D eigenvalue weighted by Gasteiger charge is 2.27. The highest BCUT2D eigenvalue weighted by Crippen LogP contribution is 2.20. The molecule has 0 N–H and O–H groups in total. The quantitative estimate of drug-likeness (QED) is 0.780. The highest BCUT2D eigenvalue weighted by atomic mass is 79.9. The summed E-state index contributed by atoms with van der Waals surface area (Å²) in [7, 11) is 0. The molecule has 0 aliphatic carbocycles. The van der Waals surface area contributed by atoms with Crippen molar-refractivity contribution in [1.29, 1.82) is 0 Å². The maximum Gasteiger partial charge on any atom is 0.411 e. The molecule has 17 heavy (non-hydrogen) atoms. The van der Waals surface area contributed by atoms with Gasteiger partial charge in [0.15, 0.2) is 0 Å². The molecule has 98 valence electrons. The number of nitrogens with zero attached hydrogens (tertiary/aromatic N) is 2. The Hall–Kier alpha value is -0.560. The fraction of sp³-hybridized carbons (Fsp3) is 0.700. The molecule has 7 heteroatoms. The van der Waals surface area contributed by atoms with E-state index in [-0.39, 0.29) is 6.61 Å². The minimum absolute atomic E-state index is 0.0788. The Labute approximate surface area is 106 Å². The molecule has 1 aromatic rings. The standard InChI is InChI=1S/C10H14BrF3N2O/c1-7-9(11)8(2)16(15-7)4-3-5-17-6-10(12,13)14/h3-6H2,1-2H3. The third kappa shape index (κ3) is 4.67. The summed E-state index contributed by atoms with van der Waals surface area (Å²) < 4.78 is 42.6. The molecule has 0 fully saturated rings. The van der Waals surface area contributed by atoms with Gasteiger partial charge in [0.2, 0.25) is 0 Å². The molecule has 0 saturated heterocycles. The maximum atomic E-state index is 11.8. The number of aromatic nitrogens is 2. The Kier molecular flexibility index (Phi) is 5.00. The average Bonchev–Trinajstić information content (AvgIpc) is 2.44. The van der Waals surface area contributed by atoms with Crippen molar-refractivity contribution < 1.29 is 17.9 Å². The zero-order chi connectivity index (χ0) is 13.1. The van der Waals surface area contributed by atoms with E-state index in [1.165, 1.54) is 0 Å². The molecule has 0 spiro atoms. The van der Waals surface area contributed by atoms with Gasteiger partial charge in [-0.1, -0.05) is 0 Å². The highest BCUT2D eigenvalue weighted by molar-refractivity contribution is 9.10. The molecule has 0 radical (unpaired) electrons. The van der Waals surface area contributed by atoms with Gasteiger partial charge < -0.3 is 4.74 Å². The SMILES string of the molecule is Cc1nn(CCCOCC(F)(F)F)c(C)c1Br. The molecule has 0 amide bonds. The van der Waals surface area contributed by atoms with Gasteiger partial charge >= 0.3 is 6.18 Å². The first-order valence-electron chi connectivity index (χ1n) is 5.15. The Morgan fingerprint density at radius 2 is 2.00 bits per heavy atom. The normalized spacial score (nSPS) is 12.1. The zero-order valence-corrected chi connectivity index (χ0v) is 11.2. The molecule has 1 aromatic heterocycles. The molecule has 0 atom stereocenters. The Bertz CT molecular complexity index is 376. The summed E-state index contributed by atoms with van der Waals surface area (Å²) >= 11 is 3.39. The van der Waals surface area contributed by atoms with Crippen LogP contribution in [-0.2, 0) is 11.3 Å². The van der Waals surface area contributed by atoms with Crippen LogP contribution in [0.5, 0.6) is 0 Å². The van der Waals surface area contributed by atoms with E-state index in [2.05, 4.69) is 25.8 Å². The van der Waals surface area contributed by atoms with Crippen LogP contribution in [0.25, 0.3) is 0 Å². The Morgan fingerprint density at radius 3 is 2.47 bits per heavy atom. The molecular formula is C10H14BrF3N2O. The van der Waals surface area contributed by atoms with Crippen LogP contribution in [-0.4, -0.2) is 29.2 Å². The van der Waals surface area contributed by atoms with Gasteiger partial charge in [-0.15, -0.1) is 0 Å². The van der Waals surface area contributed by atoms with E-state index in [4.69, 9.17) is 0 Å². The lowest BCUT2D eigenvalue weighted by Crippen LogP contribution is -2.18. The fourth-order valence-corrected chi connectivity index (χ4v) is 1.68. The average molecular weight is 315 g/mol. The van der Waals surface area contributed by atoms with E-state index in [9.17, 15) is 13.2 Å². The second kappa shape index (κ2) is 5.86. The van der Waals surface area contributed by atoms with Crippen LogP contribution >= 0.6 is 15.9 Å². The lowest BCUT2D eigenvalue weighted by atomic mass is 10.4. The summed E-state index contributed by atoms with van der Waals surface area (Å²) in [5, 5.41) is 4.25. The van der Waals surface area contributed by atoms with Gasteiger partial charge in [0.25, 0.3) is 0 Å². The second-order valence-corrected chi connectivity index (χ2v) is 4.52. The summed E-state index contributed by atoms with van der Waals surface area (Å²) in [4.78, 5) is 0. The van der Waals surface area contributed by atoms with E-state index < -0.39 is 12.8 Å². The van der Waals surface area contributed by atoms with Crippen LogP contribution in [0.2, 0.25) is 0 Å². The largest absolute Gasteiger partial charge is 0.411 e. The number of alkyl halides is 3. The van der Waals surface area contributed by atoms with Gasteiger partial charge in [0.05, 0.1) is 10.2 Å². The predicted molar refractivity (Wildman–Crippen MR) is 60.9 cm³/mol. The molecule has 0 aliphatic heterocycles. The van der Waals surface area contributed by atoms with Crippen molar-refractivity contribution >= 4 is 15.9 Å². The molecule has 0 unspecified atom stereocenters. The number of hydrogen-bond donors (Lipinski definition) is 0. The van der Waals surface area contributed by atoms with E-state index in [1.807, 2.05) is 13.8 Å². The Balaban J connectivity index is 2.29. The van der Waals surface area contributed by atoms with Crippen LogP contribution in [0.3, 0.4) is 0 Å². The predicted octanol–water partition coefficient (Wildman–Crippen LogP) is 3.23. The number of hydrogen-bond acceptors (Lipinski definition) is 2. The van der Waals surface area contributed by atoms with Gasteiger partial charge in [-0.2, -0.15) is 18.3 Å². The molecule has 0 saturated carbocycles. The minimum Gasteiger partial charge on any atom is -0.372 e. The van der Waals surface area contributed by atoms with Crippen molar-refractivity contribution in [2.45, 2.75) is 33.0 Å². The fourth-order valence-electron chi connectivity index (χ4n) is 1.40. The van der Waals surface area contributed by atoms with Gasteiger partial charge in [-0.25, -0.2) is 0 Å². The molecule has 0 aromatic carbocycles. The number of rotatable bonds is 5. The van der Waals surface area contributed by atoms with Gasteiger partial charge in [0.1, 0.15) is 6.61 Å². The zero-order valence-electron chi connectivity index (χ0n) is 9.64. The van der Waals surface area contributed by atoms with Gasteiger partial charge in [0, 0.05) is 18.8 Å². The van der Waals surface area contributed by atoms with Crippen LogP contribution < -0.4 is 0 Å². The molecule has 3 nitrogen and oxygen atoms in total. The number of halogens is 4. The maximum absolute atomic E-state index is 11.8. The van der Waals surface area contributed by atoms with Crippen molar-refractivity contribution in [3.8, 4) is 0 Å². The molecule has 1 heterocycles. The smallest absolute Gasteiger partial charge is 0.372 e. The van der Waals surface area contributed by atoms with Gasteiger partial charge in [-0.05, 0) is 36.2 Å². The molecular weight excluding hydrogens is 301 g/mol. The summed E-state index contributed by atoms with van der Waals surface area (Å²) in [5.41, 5.74) is 1.84. The first kappa shape index (κ1) is 14.5. The second-order valence-electron chi connectivity index (χ2n) is 3.73. The van der Waals surface area contributed by atoms with E-state index in [0.717, 1.165) is 15.9 Å². The first-order chi connectivity index (χ1) is 7.81. The van der Waals surface area contributed by atoms with Gasteiger partial charge in [-0.3, -0.25) is 4.68 Å². The molecule has 1 rings (SSSR count). The summed E-state index contributed by atoms with van der Waals surface area (Å²) in [5.74, 6) is 0. The van der Waals surface area contributed by atoms with Crippen molar-refractivity contribution in [2.75, 3.05) is 13.2 Å². The Morgan fingerprint density at radius 1 is 1.35 bits per heavy atom. The number of aryl methyl sites for hydroxylation is 2. The van der Waals surface area contributed by atoms with E-state index >= 15 is 0 Å². The third-order valence-corrected chi connectivity index (χ3v) is 3.37. The van der Waals surface area contributed by atoms with E-state index in [0.29, 0.717) is 13.0 Å². The van der Waals surface area contributed by atoms with Crippen LogP contribution in [0, 0.1) is 13.8 Å². The summed E-state index contributed by atoms with van der Waals surface area (Å²) in [6.07, 6.45) is -3.74. The van der Waals surface area contributed by atoms with Crippen molar-refractivity contribution in [3.63, 3.8) is 0 Å². The monoisotopic (exact) mass is 314 g/mol. The summed E-state index contributed by atoms with van der Waals surface area (Å²) in [6, 6.07) is 0. The summed E-state index contributed by atoms with van der Waals surface area (Å²) in [6.45, 7) is 3.22. The van der Waals surface area contributed by atoms with Crippen LogP contribution in [0.1, 0.15) is 17.8 Å².